The summed E-state index contributed by atoms with van der Waals surface area (Å²) in [6.45, 7) is 0.420. The number of carbonyl (C=O) groups excluding carboxylic acids is 1. The molecule has 1 fully saturated rings. The number of rotatable bonds is 2. The van der Waals surface area contributed by atoms with Crippen LogP contribution < -0.4 is 0 Å². The molecule has 2 nitrogen and oxygen atoms in total. The molecule has 0 saturated carbocycles. The molecular weight excluding hydrogens is 371 g/mol. The number of fused-ring (bicyclic) bond motifs is 1. The van der Waals surface area contributed by atoms with Gasteiger partial charge in [0, 0.05) is 17.9 Å². The van der Waals surface area contributed by atoms with Crippen molar-refractivity contribution in [3.63, 3.8) is 0 Å². The highest BCUT2D eigenvalue weighted by Crippen LogP contribution is 2.44. The van der Waals surface area contributed by atoms with Gasteiger partial charge in [0.15, 0.2) is 0 Å². The summed E-state index contributed by atoms with van der Waals surface area (Å²) in [4.78, 5) is 14.8. The molecule has 4 rings (SSSR count). The van der Waals surface area contributed by atoms with Crippen LogP contribution in [0.5, 0.6) is 0 Å². The third-order valence-electron chi connectivity index (χ3n) is 4.70. The number of hydrogen-bond acceptors (Lipinski definition) is 2. The van der Waals surface area contributed by atoms with Crippen molar-refractivity contribution >= 4 is 28.4 Å². The van der Waals surface area contributed by atoms with Crippen LogP contribution in [0.15, 0.2) is 66.7 Å². The lowest BCUT2D eigenvalue weighted by Gasteiger charge is -2.27. The monoisotopic (exact) mass is 387 g/mol. The Morgan fingerprint density at radius 1 is 0.963 bits per heavy atom. The summed E-state index contributed by atoms with van der Waals surface area (Å²) in [5, 5.41) is 1.10. The topological polar surface area (TPSA) is 20.3 Å². The van der Waals surface area contributed by atoms with E-state index >= 15 is 0 Å². The summed E-state index contributed by atoms with van der Waals surface area (Å²) in [7, 11) is 0. The van der Waals surface area contributed by atoms with Crippen LogP contribution in [0, 0.1) is 0 Å². The summed E-state index contributed by atoms with van der Waals surface area (Å²) in [6, 6.07) is 18.5. The summed E-state index contributed by atoms with van der Waals surface area (Å²) < 4.78 is 40.3. The Hall–Kier alpha value is -2.47. The Morgan fingerprint density at radius 3 is 2.48 bits per heavy atom. The largest absolute Gasteiger partial charge is 0.416 e. The Kier molecular flexibility index (Phi) is 4.60. The average Bonchev–Trinajstić information content (AvgIpc) is 3.16. The quantitative estimate of drug-likeness (QED) is 0.558. The second-order valence-electron chi connectivity index (χ2n) is 6.33. The minimum atomic E-state index is -4.45. The van der Waals surface area contributed by atoms with Crippen molar-refractivity contribution in [1.29, 1.82) is 0 Å². The molecular formula is C21H16F3NOS. The fraction of sp³-hybridized carbons (Fsp3) is 0.190. The first-order chi connectivity index (χ1) is 13.0. The molecule has 1 atom stereocenters. The summed E-state index contributed by atoms with van der Waals surface area (Å²) >= 11 is 1.37. The first-order valence-electron chi connectivity index (χ1n) is 8.53. The van der Waals surface area contributed by atoms with Gasteiger partial charge in [0.1, 0.15) is 5.37 Å². The van der Waals surface area contributed by atoms with Crippen molar-refractivity contribution in [2.24, 2.45) is 0 Å². The molecule has 1 amide bonds. The second-order valence-corrected chi connectivity index (χ2v) is 7.52. The maximum absolute atomic E-state index is 13.4. The van der Waals surface area contributed by atoms with E-state index in [-0.39, 0.29) is 11.5 Å². The lowest BCUT2D eigenvalue weighted by Crippen LogP contribution is -2.31. The smallest absolute Gasteiger partial charge is 0.322 e. The van der Waals surface area contributed by atoms with Crippen LogP contribution in [0.1, 0.15) is 26.9 Å². The molecule has 27 heavy (non-hydrogen) atoms. The molecule has 0 aliphatic carbocycles. The minimum Gasteiger partial charge on any atom is -0.322 e. The van der Waals surface area contributed by atoms with Gasteiger partial charge in [0.05, 0.1) is 5.56 Å². The van der Waals surface area contributed by atoms with Crippen molar-refractivity contribution < 1.29 is 18.0 Å². The van der Waals surface area contributed by atoms with Gasteiger partial charge in [-0.2, -0.15) is 13.2 Å². The fourth-order valence-electron chi connectivity index (χ4n) is 3.47. The van der Waals surface area contributed by atoms with Crippen LogP contribution in [-0.4, -0.2) is 23.1 Å². The standard InChI is InChI=1S/C21H16F3NOS/c22-21(23,24)18-11-4-3-9-17(18)20-25(12-13-27-20)19(26)16-10-5-7-14-6-1-2-8-15(14)16/h1-11,20H,12-13H2. The molecule has 138 valence electrons. The Bertz CT molecular complexity index is 997. The number of hydrogen-bond donors (Lipinski definition) is 0. The van der Waals surface area contributed by atoms with Crippen molar-refractivity contribution in [3.8, 4) is 0 Å². The van der Waals surface area contributed by atoms with Gasteiger partial charge in [-0.15, -0.1) is 11.8 Å². The zero-order chi connectivity index (χ0) is 19.0. The molecule has 1 saturated heterocycles. The normalized spacial score (nSPS) is 17.4. The maximum Gasteiger partial charge on any atom is 0.416 e. The van der Waals surface area contributed by atoms with Crippen molar-refractivity contribution in [2.45, 2.75) is 11.6 Å². The summed E-state index contributed by atoms with van der Waals surface area (Å²) in [6.07, 6.45) is -4.45. The maximum atomic E-state index is 13.4. The van der Waals surface area contributed by atoms with E-state index in [1.165, 1.54) is 23.9 Å². The SMILES string of the molecule is O=C(c1cccc2ccccc12)N1CCSC1c1ccccc1C(F)(F)F. The van der Waals surface area contributed by atoms with Gasteiger partial charge >= 0.3 is 6.18 Å². The highest BCUT2D eigenvalue weighted by molar-refractivity contribution is 7.99. The molecule has 1 aliphatic rings. The number of carbonyl (C=O) groups is 1. The number of amides is 1. The molecule has 0 bridgehead atoms. The zero-order valence-corrected chi connectivity index (χ0v) is 15.1. The molecule has 1 unspecified atom stereocenters. The Labute approximate surface area is 159 Å². The summed E-state index contributed by atoms with van der Waals surface area (Å²) in [5.74, 6) is 0.367. The number of thioether (sulfide) groups is 1. The number of alkyl halides is 3. The second kappa shape index (κ2) is 6.93. The van der Waals surface area contributed by atoms with Crippen LogP contribution in [-0.2, 0) is 6.18 Å². The molecule has 3 aromatic carbocycles. The number of benzene rings is 3. The van der Waals surface area contributed by atoms with E-state index in [2.05, 4.69) is 0 Å². The minimum absolute atomic E-state index is 0.140. The zero-order valence-electron chi connectivity index (χ0n) is 14.2. The van der Waals surface area contributed by atoms with Gasteiger partial charge in [0.25, 0.3) is 5.91 Å². The van der Waals surface area contributed by atoms with Crippen LogP contribution >= 0.6 is 11.8 Å². The lowest BCUT2D eigenvalue weighted by molar-refractivity contribution is -0.138. The third kappa shape index (κ3) is 3.30. The first-order valence-corrected chi connectivity index (χ1v) is 9.58. The molecule has 0 spiro atoms. The van der Waals surface area contributed by atoms with Crippen LogP contribution in [0.2, 0.25) is 0 Å². The fourth-order valence-corrected chi connectivity index (χ4v) is 4.76. The number of halogens is 3. The van der Waals surface area contributed by atoms with Crippen molar-refractivity contribution in [3.05, 3.63) is 83.4 Å². The average molecular weight is 387 g/mol. The van der Waals surface area contributed by atoms with Gasteiger partial charge in [-0.1, -0.05) is 54.6 Å². The molecule has 0 N–H and O–H groups in total. The molecule has 3 aromatic rings. The van der Waals surface area contributed by atoms with E-state index in [9.17, 15) is 18.0 Å². The highest BCUT2D eigenvalue weighted by Gasteiger charge is 2.39. The van der Waals surface area contributed by atoms with Crippen molar-refractivity contribution in [1.82, 2.24) is 4.90 Å². The lowest BCUT2D eigenvalue weighted by atomic mass is 10.0. The Balaban J connectivity index is 1.75. The first kappa shape index (κ1) is 17.9. The van der Waals surface area contributed by atoms with Gasteiger partial charge in [-0.25, -0.2) is 0 Å². The third-order valence-corrected chi connectivity index (χ3v) is 5.95. The van der Waals surface area contributed by atoms with E-state index in [4.69, 9.17) is 0 Å². The molecule has 0 radical (unpaired) electrons. The van der Waals surface area contributed by atoms with E-state index < -0.39 is 17.1 Å². The van der Waals surface area contributed by atoms with E-state index in [0.29, 0.717) is 17.9 Å². The molecule has 6 heteroatoms. The Morgan fingerprint density at radius 2 is 1.67 bits per heavy atom. The van der Waals surface area contributed by atoms with Gasteiger partial charge < -0.3 is 4.90 Å². The number of nitrogens with zero attached hydrogens (tertiary/aromatic N) is 1. The predicted molar refractivity (Wildman–Crippen MR) is 102 cm³/mol. The van der Waals surface area contributed by atoms with Crippen LogP contribution in [0.4, 0.5) is 13.2 Å². The van der Waals surface area contributed by atoms with Gasteiger partial charge in [-0.3, -0.25) is 4.79 Å². The van der Waals surface area contributed by atoms with E-state index in [1.54, 1.807) is 23.1 Å². The van der Waals surface area contributed by atoms with E-state index in [1.807, 2.05) is 30.3 Å². The van der Waals surface area contributed by atoms with Crippen LogP contribution in [0.3, 0.4) is 0 Å². The molecule has 1 aliphatic heterocycles. The molecule has 0 aromatic heterocycles. The van der Waals surface area contributed by atoms with Crippen molar-refractivity contribution in [2.75, 3.05) is 12.3 Å². The van der Waals surface area contributed by atoms with Gasteiger partial charge in [-0.05, 0) is 28.5 Å². The highest BCUT2D eigenvalue weighted by atomic mass is 32.2. The summed E-state index contributed by atoms with van der Waals surface area (Å²) in [5.41, 5.74) is -0.0219. The molecule has 1 heterocycles. The van der Waals surface area contributed by atoms with Crippen LogP contribution in [0.25, 0.3) is 10.8 Å². The van der Waals surface area contributed by atoms with Gasteiger partial charge in [0.2, 0.25) is 0 Å². The van der Waals surface area contributed by atoms with E-state index in [0.717, 1.165) is 16.8 Å². The predicted octanol–water partition coefficient (Wildman–Crippen LogP) is 5.75.